The molecule has 0 aliphatic rings. The third-order valence-corrected chi connectivity index (χ3v) is 4.11. The van der Waals surface area contributed by atoms with E-state index in [0.717, 1.165) is 33.8 Å². The van der Waals surface area contributed by atoms with Crippen molar-refractivity contribution in [1.29, 1.82) is 0 Å². The van der Waals surface area contributed by atoms with Gasteiger partial charge in [0.1, 0.15) is 17.5 Å². The minimum Gasteiger partial charge on any atom is -0.456 e. The summed E-state index contributed by atoms with van der Waals surface area (Å²) in [4.78, 5) is 12.1. The Morgan fingerprint density at radius 3 is 2.81 bits per heavy atom. The Kier molecular flexibility index (Phi) is 3.18. The van der Waals surface area contributed by atoms with Gasteiger partial charge < -0.3 is 9.73 Å². The molecule has 3 aromatic heterocycles. The second kappa shape index (κ2) is 5.66. The highest BCUT2D eigenvalue weighted by molar-refractivity contribution is 6.05. The first kappa shape index (κ1) is 14.6. The van der Waals surface area contributed by atoms with Crippen molar-refractivity contribution in [1.82, 2.24) is 19.5 Å². The average molecular weight is 345 g/mol. The lowest BCUT2D eigenvalue weighted by Gasteiger charge is -2.07. The number of hydrogen-bond donors (Lipinski definition) is 1. The number of imidazole rings is 1. The Bertz CT molecular complexity index is 1230. The Labute approximate surface area is 146 Å². The van der Waals surface area contributed by atoms with Crippen LogP contribution in [-0.2, 0) is 0 Å². The van der Waals surface area contributed by atoms with E-state index in [2.05, 4.69) is 20.3 Å². The van der Waals surface area contributed by atoms with Crippen LogP contribution in [0.25, 0.3) is 27.8 Å². The van der Waals surface area contributed by atoms with Crippen LogP contribution in [0.2, 0.25) is 0 Å². The number of furan rings is 1. The number of halogens is 1. The van der Waals surface area contributed by atoms with E-state index < -0.39 is 5.82 Å². The molecule has 0 saturated carbocycles. The molecule has 0 bridgehead atoms. The molecule has 26 heavy (non-hydrogen) atoms. The molecular formula is C19H12FN5O. The number of fused-ring (bicyclic) bond motifs is 3. The standard InChI is InChI=1S/C19H12FN5O/c20-15-10-22-19(24-18(15)25-8-7-21-11-25)23-12-5-6-14-13-3-1-2-4-16(13)26-17(14)9-12/h1-11H,(H,22,23,24). The molecular weight excluding hydrogens is 333 g/mol. The van der Waals surface area contributed by atoms with E-state index in [1.807, 2.05) is 42.5 Å². The number of anilines is 2. The number of nitrogens with zero attached hydrogens (tertiary/aromatic N) is 4. The first-order valence-corrected chi connectivity index (χ1v) is 7.97. The molecule has 5 rings (SSSR count). The number of para-hydroxylation sites is 1. The normalized spacial score (nSPS) is 11.3. The maximum absolute atomic E-state index is 14.0. The molecule has 7 heteroatoms. The van der Waals surface area contributed by atoms with Gasteiger partial charge in [0.25, 0.3) is 0 Å². The highest BCUT2D eigenvalue weighted by atomic mass is 19.1. The van der Waals surface area contributed by atoms with Crippen LogP contribution in [0.3, 0.4) is 0 Å². The van der Waals surface area contributed by atoms with Crippen molar-refractivity contribution >= 4 is 33.6 Å². The molecule has 1 N–H and O–H groups in total. The molecule has 0 radical (unpaired) electrons. The summed E-state index contributed by atoms with van der Waals surface area (Å²) in [5, 5.41) is 5.18. The van der Waals surface area contributed by atoms with Crippen LogP contribution in [0.5, 0.6) is 0 Å². The van der Waals surface area contributed by atoms with Crippen molar-refractivity contribution in [2.24, 2.45) is 0 Å². The van der Waals surface area contributed by atoms with Crippen molar-refractivity contribution in [3.8, 4) is 5.82 Å². The third kappa shape index (κ3) is 2.37. The average Bonchev–Trinajstić information content (AvgIpc) is 3.30. The van der Waals surface area contributed by atoms with Crippen molar-refractivity contribution in [3.05, 3.63) is 73.2 Å². The summed E-state index contributed by atoms with van der Waals surface area (Å²) in [5.74, 6) is -0.114. The molecule has 0 fully saturated rings. The number of benzene rings is 2. The van der Waals surface area contributed by atoms with Gasteiger partial charge in [-0.25, -0.2) is 14.4 Å². The first-order chi connectivity index (χ1) is 12.8. The molecule has 6 nitrogen and oxygen atoms in total. The fourth-order valence-corrected chi connectivity index (χ4v) is 2.92. The Balaban J connectivity index is 1.53. The molecule has 0 amide bonds. The molecule has 0 aliphatic carbocycles. The first-order valence-electron chi connectivity index (χ1n) is 7.97. The number of nitrogens with one attached hydrogen (secondary N) is 1. The van der Waals surface area contributed by atoms with Gasteiger partial charge in [-0.3, -0.25) is 4.57 Å². The molecule has 0 unspecified atom stereocenters. The SMILES string of the molecule is Fc1cnc(Nc2ccc3c(c2)oc2ccccc23)nc1-n1ccnc1. The zero-order valence-electron chi connectivity index (χ0n) is 13.4. The van der Waals surface area contributed by atoms with Crippen LogP contribution in [0, 0.1) is 5.82 Å². The Morgan fingerprint density at radius 1 is 1.04 bits per heavy atom. The highest BCUT2D eigenvalue weighted by Gasteiger charge is 2.11. The van der Waals surface area contributed by atoms with Crippen LogP contribution in [-0.4, -0.2) is 19.5 Å². The second-order valence-corrected chi connectivity index (χ2v) is 5.77. The van der Waals surface area contributed by atoms with E-state index in [1.165, 1.54) is 10.9 Å². The van der Waals surface area contributed by atoms with E-state index in [4.69, 9.17) is 4.42 Å². The van der Waals surface area contributed by atoms with Crippen molar-refractivity contribution < 1.29 is 8.81 Å². The van der Waals surface area contributed by atoms with E-state index in [1.54, 1.807) is 12.4 Å². The fourth-order valence-electron chi connectivity index (χ4n) is 2.92. The lowest BCUT2D eigenvalue weighted by atomic mass is 10.1. The van der Waals surface area contributed by atoms with E-state index >= 15 is 0 Å². The zero-order chi connectivity index (χ0) is 17.5. The monoisotopic (exact) mass is 345 g/mol. The van der Waals surface area contributed by atoms with Crippen LogP contribution in [0.4, 0.5) is 16.0 Å². The smallest absolute Gasteiger partial charge is 0.229 e. The lowest BCUT2D eigenvalue weighted by Crippen LogP contribution is -2.04. The quantitative estimate of drug-likeness (QED) is 0.523. The lowest BCUT2D eigenvalue weighted by molar-refractivity contribution is 0.602. The zero-order valence-corrected chi connectivity index (χ0v) is 13.4. The summed E-state index contributed by atoms with van der Waals surface area (Å²) in [6.45, 7) is 0. The summed E-state index contributed by atoms with van der Waals surface area (Å²) in [6.07, 6.45) is 5.79. The maximum Gasteiger partial charge on any atom is 0.229 e. The summed E-state index contributed by atoms with van der Waals surface area (Å²) < 4.78 is 21.4. The van der Waals surface area contributed by atoms with Gasteiger partial charge in [-0.15, -0.1) is 0 Å². The molecule has 126 valence electrons. The van der Waals surface area contributed by atoms with E-state index in [0.29, 0.717) is 0 Å². The predicted molar refractivity (Wildman–Crippen MR) is 96.1 cm³/mol. The van der Waals surface area contributed by atoms with Gasteiger partial charge in [0, 0.05) is 34.9 Å². The van der Waals surface area contributed by atoms with Gasteiger partial charge >= 0.3 is 0 Å². The Hall–Kier alpha value is -3.74. The molecule has 2 aromatic carbocycles. The van der Waals surface area contributed by atoms with Gasteiger partial charge in [-0.2, -0.15) is 4.98 Å². The van der Waals surface area contributed by atoms with Gasteiger partial charge in [-0.05, 0) is 18.2 Å². The number of hydrogen-bond acceptors (Lipinski definition) is 5. The third-order valence-electron chi connectivity index (χ3n) is 4.11. The maximum atomic E-state index is 14.0. The van der Waals surface area contributed by atoms with Gasteiger partial charge in [0.2, 0.25) is 5.95 Å². The largest absolute Gasteiger partial charge is 0.456 e. The van der Waals surface area contributed by atoms with Crippen LogP contribution < -0.4 is 5.32 Å². The molecule has 0 saturated heterocycles. The summed E-state index contributed by atoms with van der Waals surface area (Å²) in [6, 6.07) is 13.6. The van der Waals surface area contributed by atoms with Crippen LogP contribution in [0.1, 0.15) is 0 Å². The van der Waals surface area contributed by atoms with Crippen molar-refractivity contribution in [2.45, 2.75) is 0 Å². The van der Waals surface area contributed by atoms with Crippen LogP contribution >= 0.6 is 0 Å². The molecule has 0 spiro atoms. The topological polar surface area (TPSA) is 68.8 Å². The van der Waals surface area contributed by atoms with Crippen molar-refractivity contribution in [3.63, 3.8) is 0 Å². The summed E-state index contributed by atoms with van der Waals surface area (Å²) >= 11 is 0. The molecule has 0 aliphatic heterocycles. The van der Waals surface area contributed by atoms with Gasteiger partial charge in [0.05, 0.1) is 6.20 Å². The van der Waals surface area contributed by atoms with Crippen LogP contribution in [0.15, 0.2) is 71.8 Å². The highest BCUT2D eigenvalue weighted by Crippen LogP contribution is 2.30. The molecule has 0 atom stereocenters. The molecule has 5 aromatic rings. The number of rotatable bonds is 3. The minimum atomic E-state index is -0.527. The minimum absolute atomic E-state index is 0.129. The van der Waals surface area contributed by atoms with Gasteiger partial charge in [0.15, 0.2) is 11.6 Å². The van der Waals surface area contributed by atoms with Crippen molar-refractivity contribution in [2.75, 3.05) is 5.32 Å². The Morgan fingerprint density at radius 2 is 1.92 bits per heavy atom. The predicted octanol–water partition coefficient (Wildman–Crippen LogP) is 4.44. The second-order valence-electron chi connectivity index (χ2n) is 5.77. The fraction of sp³-hybridized carbons (Fsp3) is 0. The number of aromatic nitrogens is 4. The molecule has 3 heterocycles. The summed E-state index contributed by atoms with van der Waals surface area (Å²) in [7, 11) is 0. The summed E-state index contributed by atoms with van der Waals surface area (Å²) in [5.41, 5.74) is 2.34. The van der Waals surface area contributed by atoms with E-state index in [9.17, 15) is 4.39 Å². The van der Waals surface area contributed by atoms with Gasteiger partial charge in [-0.1, -0.05) is 18.2 Å². The van der Waals surface area contributed by atoms with E-state index in [-0.39, 0.29) is 11.8 Å².